The minimum atomic E-state index is -0.474. The van der Waals surface area contributed by atoms with E-state index in [4.69, 9.17) is 9.47 Å². The molecule has 1 aliphatic heterocycles. The van der Waals surface area contributed by atoms with Gasteiger partial charge in [-0.15, -0.1) is 0 Å². The summed E-state index contributed by atoms with van der Waals surface area (Å²) >= 11 is 0. The summed E-state index contributed by atoms with van der Waals surface area (Å²) in [6.07, 6.45) is 4.37. The first-order chi connectivity index (χ1) is 8.07. The third-order valence-corrected chi connectivity index (χ3v) is 2.95. The molecule has 1 heterocycles. The van der Waals surface area contributed by atoms with Crippen molar-refractivity contribution in [3.63, 3.8) is 0 Å². The molecule has 2 nitrogen and oxygen atoms in total. The van der Waals surface area contributed by atoms with Crippen molar-refractivity contribution in [3.8, 4) is 0 Å². The normalized spacial score (nSPS) is 28.4. The molecule has 0 saturated carbocycles. The van der Waals surface area contributed by atoms with Gasteiger partial charge in [-0.1, -0.05) is 49.4 Å². The summed E-state index contributed by atoms with van der Waals surface area (Å²) in [4.78, 5) is 0. The van der Waals surface area contributed by atoms with Crippen molar-refractivity contribution in [2.24, 2.45) is 5.92 Å². The van der Waals surface area contributed by atoms with Gasteiger partial charge in [0.25, 0.3) is 0 Å². The van der Waals surface area contributed by atoms with Crippen molar-refractivity contribution in [2.45, 2.75) is 32.7 Å². The molecule has 0 unspecified atom stereocenters. The highest BCUT2D eigenvalue weighted by Crippen LogP contribution is 2.27. The zero-order valence-electron chi connectivity index (χ0n) is 10.7. The first kappa shape index (κ1) is 12.3. The van der Waals surface area contributed by atoms with E-state index < -0.39 is 5.79 Å². The average Bonchev–Trinajstić information content (AvgIpc) is 2.32. The molecular formula is C15H20O2. The van der Waals surface area contributed by atoms with Crippen LogP contribution in [-0.2, 0) is 9.47 Å². The van der Waals surface area contributed by atoms with Crippen molar-refractivity contribution in [1.29, 1.82) is 0 Å². The summed E-state index contributed by atoms with van der Waals surface area (Å²) in [6.45, 7) is 6.82. The lowest BCUT2D eigenvalue weighted by Crippen LogP contribution is -2.43. The molecule has 2 rings (SSSR count). The second-order valence-corrected chi connectivity index (χ2v) is 5.04. The van der Waals surface area contributed by atoms with Crippen LogP contribution in [0.3, 0.4) is 0 Å². The maximum absolute atomic E-state index is 5.90. The third kappa shape index (κ3) is 3.42. The Morgan fingerprint density at radius 2 is 1.94 bits per heavy atom. The van der Waals surface area contributed by atoms with E-state index in [1.54, 1.807) is 0 Å². The fraction of sp³-hybridized carbons (Fsp3) is 0.467. The van der Waals surface area contributed by atoms with E-state index >= 15 is 0 Å². The van der Waals surface area contributed by atoms with Crippen molar-refractivity contribution in [2.75, 3.05) is 6.61 Å². The summed E-state index contributed by atoms with van der Waals surface area (Å²) in [5.74, 6) is -0.0823. The number of rotatable bonds is 2. The smallest absolute Gasteiger partial charge is 0.163 e. The van der Waals surface area contributed by atoms with Crippen LogP contribution in [0.5, 0.6) is 0 Å². The van der Waals surface area contributed by atoms with Crippen molar-refractivity contribution in [1.82, 2.24) is 0 Å². The second-order valence-electron chi connectivity index (χ2n) is 5.04. The number of benzene rings is 1. The van der Waals surface area contributed by atoms with Gasteiger partial charge in [0.1, 0.15) is 0 Å². The second kappa shape index (κ2) is 5.03. The lowest BCUT2D eigenvalue weighted by atomic mass is 10.0. The van der Waals surface area contributed by atoms with E-state index in [0.717, 1.165) is 6.61 Å². The number of hydrogen-bond donors (Lipinski definition) is 0. The van der Waals surface area contributed by atoms with Gasteiger partial charge in [-0.2, -0.15) is 0 Å². The molecule has 0 bridgehead atoms. The summed E-state index contributed by atoms with van der Waals surface area (Å²) in [7, 11) is 0. The van der Waals surface area contributed by atoms with E-state index in [1.807, 2.05) is 32.0 Å². The van der Waals surface area contributed by atoms with Gasteiger partial charge in [0, 0.05) is 5.92 Å². The molecule has 1 fully saturated rings. The molecule has 2 atom stereocenters. The minimum Gasteiger partial charge on any atom is -0.350 e. The summed E-state index contributed by atoms with van der Waals surface area (Å²) in [5.41, 5.74) is 1.20. The fourth-order valence-corrected chi connectivity index (χ4v) is 1.90. The van der Waals surface area contributed by atoms with Crippen LogP contribution in [0.2, 0.25) is 0 Å². The summed E-state index contributed by atoms with van der Waals surface area (Å²) in [6, 6.07) is 10.3. The number of ether oxygens (including phenoxy) is 2. The van der Waals surface area contributed by atoms with Crippen LogP contribution in [0.4, 0.5) is 0 Å². The molecule has 0 amide bonds. The van der Waals surface area contributed by atoms with Crippen LogP contribution in [0, 0.1) is 5.92 Å². The SMILES string of the molecule is C[C@H]1COC(C)(C)O[C@H]1C=Cc1ccccc1. The first-order valence-electron chi connectivity index (χ1n) is 6.12. The fourth-order valence-electron chi connectivity index (χ4n) is 1.90. The maximum Gasteiger partial charge on any atom is 0.163 e. The highest BCUT2D eigenvalue weighted by Gasteiger charge is 2.32. The molecule has 17 heavy (non-hydrogen) atoms. The Kier molecular flexibility index (Phi) is 3.65. The van der Waals surface area contributed by atoms with Crippen LogP contribution in [-0.4, -0.2) is 18.5 Å². The van der Waals surface area contributed by atoms with E-state index in [9.17, 15) is 0 Å². The maximum atomic E-state index is 5.90. The Bertz CT molecular complexity index is 381. The van der Waals surface area contributed by atoms with E-state index in [0.29, 0.717) is 5.92 Å². The molecule has 1 saturated heterocycles. The predicted molar refractivity (Wildman–Crippen MR) is 69.5 cm³/mol. The van der Waals surface area contributed by atoms with Gasteiger partial charge in [-0.25, -0.2) is 0 Å². The van der Waals surface area contributed by atoms with E-state index in [-0.39, 0.29) is 6.10 Å². The molecule has 1 aliphatic rings. The molecule has 2 heteroatoms. The van der Waals surface area contributed by atoms with Gasteiger partial charge in [-0.05, 0) is 19.4 Å². The van der Waals surface area contributed by atoms with Gasteiger partial charge in [0.2, 0.25) is 0 Å². The summed E-state index contributed by atoms with van der Waals surface area (Å²) < 4.78 is 11.5. The lowest BCUT2D eigenvalue weighted by Gasteiger charge is -2.38. The molecule has 0 N–H and O–H groups in total. The molecule has 92 valence electrons. The standard InChI is InChI=1S/C15H20O2/c1-12-11-16-15(2,3)17-14(12)10-9-13-7-5-4-6-8-13/h4-10,12,14H,11H2,1-3H3/t12-,14-/m0/s1. The van der Waals surface area contributed by atoms with Crippen LogP contribution < -0.4 is 0 Å². The predicted octanol–water partition coefficient (Wildman–Crippen LogP) is 3.49. The molecule has 1 aromatic rings. The molecule has 0 aliphatic carbocycles. The zero-order chi connectivity index (χ0) is 12.3. The highest BCUT2D eigenvalue weighted by molar-refractivity contribution is 5.49. The highest BCUT2D eigenvalue weighted by atomic mass is 16.7. The van der Waals surface area contributed by atoms with Crippen LogP contribution in [0.25, 0.3) is 6.08 Å². The van der Waals surface area contributed by atoms with Crippen molar-refractivity contribution in [3.05, 3.63) is 42.0 Å². The first-order valence-corrected chi connectivity index (χ1v) is 6.12. The Labute approximate surface area is 103 Å². The van der Waals surface area contributed by atoms with Gasteiger partial charge >= 0.3 is 0 Å². The van der Waals surface area contributed by atoms with Gasteiger partial charge < -0.3 is 9.47 Å². The monoisotopic (exact) mass is 232 g/mol. The molecule has 0 spiro atoms. The Balaban J connectivity index is 2.04. The van der Waals surface area contributed by atoms with Gasteiger partial charge in [0.05, 0.1) is 12.7 Å². The summed E-state index contributed by atoms with van der Waals surface area (Å²) in [5, 5.41) is 0. The molecule has 0 radical (unpaired) electrons. The number of hydrogen-bond acceptors (Lipinski definition) is 2. The Morgan fingerprint density at radius 1 is 1.24 bits per heavy atom. The topological polar surface area (TPSA) is 18.5 Å². The Hall–Kier alpha value is -1.12. The van der Waals surface area contributed by atoms with Gasteiger partial charge in [0.15, 0.2) is 5.79 Å². The quantitative estimate of drug-likeness (QED) is 0.777. The zero-order valence-corrected chi connectivity index (χ0v) is 10.7. The molecule has 1 aromatic carbocycles. The minimum absolute atomic E-state index is 0.124. The van der Waals surface area contributed by atoms with Crippen LogP contribution in [0.15, 0.2) is 36.4 Å². The van der Waals surface area contributed by atoms with Crippen LogP contribution >= 0.6 is 0 Å². The van der Waals surface area contributed by atoms with Crippen LogP contribution in [0.1, 0.15) is 26.3 Å². The van der Waals surface area contributed by atoms with E-state index in [1.165, 1.54) is 5.56 Å². The van der Waals surface area contributed by atoms with Gasteiger partial charge in [-0.3, -0.25) is 0 Å². The molecular weight excluding hydrogens is 212 g/mol. The van der Waals surface area contributed by atoms with Crippen molar-refractivity contribution >= 4 is 6.08 Å². The third-order valence-electron chi connectivity index (χ3n) is 2.95. The lowest BCUT2D eigenvalue weighted by molar-refractivity contribution is -0.279. The average molecular weight is 232 g/mol. The largest absolute Gasteiger partial charge is 0.350 e. The Morgan fingerprint density at radius 3 is 2.65 bits per heavy atom. The van der Waals surface area contributed by atoms with Crippen molar-refractivity contribution < 1.29 is 9.47 Å². The molecule has 0 aromatic heterocycles. The van der Waals surface area contributed by atoms with E-state index in [2.05, 4.69) is 31.2 Å².